The van der Waals surface area contributed by atoms with E-state index in [4.69, 9.17) is 0 Å². The van der Waals surface area contributed by atoms with Crippen molar-refractivity contribution < 1.29 is 18.4 Å². The number of piperazine rings is 1. The van der Waals surface area contributed by atoms with E-state index < -0.39 is 11.5 Å². The van der Waals surface area contributed by atoms with Gasteiger partial charge in [0.05, 0.1) is 0 Å². The summed E-state index contributed by atoms with van der Waals surface area (Å²) in [4.78, 5) is 25.8. The zero-order chi connectivity index (χ0) is 14.3. The van der Waals surface area contributed by atoms with Gasteiger partial charge in [-0.05, 0) is 26.7 Å². The van der Waals surface area contributed by atoms with Gasteiger partial charge in [0, 0.05) is 31.8 Å². The van der Waals surface area contributed by atoms with Gasteiger partial charge in [-0.2, -0.15) is 0 Å². The number of rotatable bonds is 1. The van der Waals surface area contributed by atoms with Crippen LogP contribution in [0.4, 0.5) is 8.78 Å². The second-order valence-electron chi connectivity index (χ2n) is 5.94. The van der Waals surface area contributed by atoms with Gasteiger partial charge in [-0.25, -0.2) is 8.78 Å². The summed E-state index contributed by atoms with van der Waals surface area (Å²) < 4.78 is 26.2. The lowest BCUT2D eigenvalue weighted by molar-refractivity contribution is -0.154. The maximum atomic E-state index is 13.1. The molecule has 0 bridgehead atoms. The summed E-state index contributed by atoms with van der Waals surface area (Å²) in [6.45, 7) is 4.26. The van der Waals surface area contributed by atoms with Crippen molar-refractivity contribution in [1.29, 1.82) is 0 Å². The third-order valence-electron chi connectivity index (χ3n) is 4.18. The molecule has 1 saturated heterocycles. The van der Waals surface area contributed by atoms with E-state index in [0.29, 0.717) is 13.1 Å². The third kappa shape index (κ3) is 2.72. The quantitative estimate of drug-likeness (QED) is 0.788. The van der Waals surface area contributed by atoms with Crippen molar-refractivity contribution >= 4 is 11.8 Å². The highest BCUT2D eigenvalue weighted by Gasteiger charge is 2.45. The van der Waals surface area contributed by atoms with Crippen LogP contribution in [0.5, 0.6) is 0 Å². The standard InChI is InChI=1S/C13H20F2N2O2/c1-12(2)11(19)16-7-8-17(12)10(18)9-3-5-13(14,15)6-4-9/h9H,3-8H2,1-2H3,(H,16,19). The van der Waals surface area contributed by atoms with Crippen molar-refractivity contribution in [3.05, 3.63) is 0 Å². The first-order valence-corrected chi connectivity index (χ1v) is 6.72. The molecule has 2 aliphatic rings. The second-order valence-corrected chi connectivity index (χ2v) is 5.94. The highest BCUT2D eigenvalue weighted by Crippen LogP contribution is 2.37. The Labute approximate surface area is 111 Å². The van der Waals surface area contributed by atoms with Gasteiger partial charge in [-0.3, -0.25) is 9.59 Å². The molecule has 0 aromatic carbocycles. The SMILES string of the molecule is CC1(C)C(=O)NCCN1C(=O)C1CCC(F)(F)CC1. The van der Waals surface area contributed by atoms with E-state index in [9.17, 15) is 18.4 Å². The molecule has 2 amide bonds. The first-order valence-electron chi connectivity index (χ1n) is 6.72. The van der Waals surface area contributed by atoms with Gasteiger partial charge in [0.15, 0.2) is 0 Å². The van der Waals surface area contributed by atoms with Crippen LogP contribution in [0.15, 0.2) is 0 Å². The fourth-order valence-corrected chi connectivity index (χ4v) is 2.79. The predicted octanol–water partition coefficient (Wildman–Crippen LogP) is 1.55. The van der Waals surface area contributed by atoms with E-state index in [0.717, 1.165) is 0 Å². The van der Waals surface area contributed by atoms with Gasteiger partial charge in [-0.15, -0.1) is 0 Å². The van der Waals surface area contributed by atoms with Crippen LogP contribution in [0, 0.1) is 5.92 Å². The molecule has 0 radical (unpaired) electrons. The molecule has 0 atom stereocenters. The molecule has 6 heteroatoms. The summed E-state index contributed by atoms with van der Waals surface area (Å²) in [6.07, 6.45) is -0.0478. The minimum Gasteiger partial charge on any atom is -0.352 e. The van der Waals surface area contributed by atoms with Crippen molar-refractivity contribution in [2.45, 2.75) is 51.0 Å². The van der Waals surface area contributed by atoms with Crippen LogP contribution in [-0.4, -0.2) is 41.3 Å². The minimum absolute atomic E-state index is 0.157. The smallest absolute Gasteiger partial charge is 0.248 e. The Kier molecular flexibility index (Phi) is 3.53. The Hall–Kier alpha value is -1.20. The number of carbonyl (C=O) groups excluding carboxylic acids is 2. The van der Waals surface area contributed by atoms with E-state index in [1.165, 1.54) is 0 Å². The molecular weight excluding hydrogens is 254 g/mol. The lowest BCUT2D eigenvalue weighted by Crippen LogP contribution is -2.64. The van der Waals surface area contributed by atoms with Crippen LogP contribution >= 0.6 is 0 Å². The molecular formula is C13H20F2N2O2. The van der Waals surface area contributed by atoms with E-state index in [2.05, 4.69) is 5.32 Å². The Morgan fingerprint density at radius 3 is 2.47 bits per heavy atom. The predicted molar refractivity (Wildman–Crippen MR) is 65.7 cm³/mol. The topological polar surface area (TPSA) is 49.4 Å². The Morgan fingerprint density at radius 2 is 1.89 bits per heavy atom. The average Bonchev–Trinajstić information content (AvgIpc) is 2.32. The van der Waals surface area contributed by atoms with Gasteiger partial charge >= 0.3 is 0 Å². The highest BCUT2D eigenvalue weighted by molar-refractivity contribution is 5.92. The molecule has 2 fully saturated rings. The Balaban J connectivity index is 2.05. The zero-order valence-corrected chi connectivity index (χ0v) is 11.3. The van der Waals surface area contributed by atoms with Crippen LogP contribution < -0.4 is 5.32 Å². The molecule has 1 heterocycles. The molecule has 19 heavy (non-hydrogen) atoms. The second kappa shape index (κ2) is 4.72. The number of alkyl halides is 2. The molecule has 0 spiro atoms. The van der Waals surface area contributed by atoms with Crippen LogP contribution in [0.2, 0.25) is 0 Å². The number of amides is 2. The molecule has 1 saturated carbocycles. The van der Waals surface area contributed by atoms with Gasteiger partial charge in [0.2, 0.25) is 17.7 Å². The largest absolute Gasteiger partial charge is 0.352 e. The fourth-order valence-electron chi connectivity index (χ4n) is 2.79. The molecule has 1 aliphatic carbocycles. The minimum atomic E-state index is -2.63. The summed E-state index contributed by atoms with van der Waals surface area (Å²) in [5, 5.41) is 2.72. The molecule has 0 aromatic rings. The fraction of sp³-hybridized carbons (Fsp3) is 0.846. The first-order chi connectivity index (χ1) is 8.74. The molecule has 1 aliphatic heterocycles. The monoisotopic (exact) mass is 274 g/mol. The van der Waals surface area contributed by atoms with Crippen molar-refractivity contribution in [2.75, 3.05) is 13.1 Å². The number of hydrogen-bond donors (Lipinski definition) is 1. The van der Waals surface area contributed by atoms with Crippen LogP contribution in [-0.2, 0) is 9.59 Å². The number of nitrogens with one attached hydrogen (secondary N) is 1. The van der Waals surface area contributed by atoms with E-state index in [1.807, 2.05) is 0 Å². The Bertz CT molecular complexity index is 386. The number of halogens is 2. The normalized spacial score (nSPS) is 26.9. The Morgan fingerprint density at radius 1 is 1.32 bits per heavy atom. The molecule has 0 unspecified atom stereocenters. The average molecular weight is 274 g/mol. The van der Waals surface area contributed by atoms with Crippen molar-refractivity contribution in [3.8, 4) is 0 Å². The molecule has 0 aromatic heterocycles. The highest BCUT2D eigenvalue weighted by atomic mass is 19.3. The van der Waals surface area contributed by atoms with E-state index >= 15 is 0 Å². The van der Waals surface area contributed by atoms with E-state index in [1.54, 1.807) is 18.7 Å². The molecule has 108 valence electrons. The summed E-state index contributed by atoms with van der Waals surface area (Å²) >= 11 is 0. The molecule has 2 rings (SSSR count). The summed E-state index contributed by atoms with van der Waals surface area (Å²) in [7, 11) is 0. The van der Waals surface area contributed by atoms with E-state index in [-0.39, 0.29) is 43.4 Å². The maximum Gasteiger partial charge on any atom is 0.248 e. The van der Waals surface area contributed by atoms with Gasteiger partial charge in [-0.1, -0.05) is 0 Å². The number of hydrogen-bond acceptors (Lipinski definition) is 2. The molecule has 4 nitrogen and oxygen atoms in total. The molecule has 1 N–H and O–H groups in total. The zero-order valence-electron chi connectivity index (χ0n) is 11.3. The lowest BCUT2D eigenvalue weighted by atomic mass is 9.84. The van der Waals surface area contributed by atoms with Crippen LogP contribution in [0.25, 0.3) is 0 Å². The van der Waals surface area contributed by atoms with Gasteiger partial charge < -0.3 is 10.2 Å². The summed E-state index contributed by atoms with van der Waals surface area (Å²) in [5.41, 5.74) is -0.894. The maximum absolute atomic E-state index is 13.1. The van der Waals surface area contributed by atoms with Crippen LogP contribution in [0.3, 0.4) is 0 Å². The van der Waals surface area contributed by atoms with Crippen molar-refractivity contribution in [1.82, 2.24) is 10.2 Å². The lowest BCUT2D eigenvalue weighted by Gasteiger charge is -2.43. The number of carbonyl (C=O) groups is 2. The third-order valence-corrected chi connectivity index (χ3v) is 4.18. The van der Waals surface area contributed by atoms with Crippen molar-refractivity contribution in [3.63, 3.8) is 0 Å². The van der Waals surface area contributed by atoms with Crippen LogP contribution in [0.1, 0.15) is 39.5 Å². The van der Waals surface area contributed by atoms with Crippen molar-refractivity contribution in [2.24, 2.45) is 5.92 Å². The summed E-state index contributed by atoms with van der Waals surface area (Å²) in [5.74, 6) is -3.35. The van der Waals surface area contributed by atoms with Gasteiger partial charge in [0.1, 0.15) is 5.54 Å². The summed E-state index contributed by atoms with van der Waals surface area (Å²) in [6, 6.07) is 0. The number of nitrogens with zero attached hydrogens (tertiary/aromatic N) is 1. The first kappa shape index (κ1) is 14.2. The van der Waals surface area contributed by atoms with Gasteiger partial charge in [0.25, 0.3) is 0 Å².